The highest BCUT2D eigenvalue weighted by molar-refractivity contribution is 7.91. The van der Waals surface area contributed by atoms with E-state index in [4.69, 9.17) is 0 Å². The topological polar surface area (TPSA) is 46.2 Å². The summed E-state index contributed by atoms with van der Waals surface area (Å²) in [5.41, 5.74) is 0. The molecule has 0 bridgehead atoms. The molecule has 2 unspecified atom stereocenters. The van der Waals surface area contributed by atoms with Crippen LogP contribution in [0.5, 0.6) is 0 Å². The van der Waals surface area contributed by atoms with Gasteiger partial charge in [-0.15, -0.1) is 0 Å². The molecule has 2 rings (SSSR count). The number of hydrogen-bond acceptors (Lipinski definition) is 3. The van der Waals surface area contributed by atoms with E-state index in [1.54, 1.807) is 0 Å². The molecule has 0 aromatic rings. The van der Waals surface area contributed by atoms with Crippen molar-refractivity contribution in [3.8, 4) is 0 Å². The molecule has 1 N–H and O–H groups in total. The van der Waals surface area contributed by atoms with Crippen molar-refractivity contribution in [3.05, 3.63) is 0 Å². The van der Waals surface area contributed by atoms with Crippen LogP contribution in [0.2, 0.25) is 0 Å². The van der Waals surface area contributed by atoms with E-state index >= 15 is 0 Å². The monoisotopic (exact) mass is 245 g/mol. The van der Waals surface area contributed by atoms with Gasteiger partial charge in [0.15, 0.2) is 9.84 Å². The van der Waals surface area contributed by atoms with Gasteiger partial charge in [0.2, 0.25) is 0 Å². The lowest BCUT2D eigenvalue weighted by molar-refractivity contribution is 0.226. The van der Waals surface area contributed by atoms with Crippen LogP contribution in [0.4, 0.5) is 0 Å². The van der Waals surface area contributed by atoms with Gasteiger partial charge in [0.1, 0.15) is 0 Å². The summed E-state index contributed by atoms with van der Waals surface area (Å²) >= 11 is 0. The van der Waals surface area contributed by atoms with Crippen LogP contribution in [-0.2, 0) is 9.84 Å². The van der Waals surface area contributed by atoms with Gasteiger partial charge in [0, 0.05) is 6.04 Å². The average molecular weight is 245 g/mol. The molecule has 0 radical (unpaired) electrons. The summed E-state index contributed by atoms with van der Waals surface area (Å²) < 4.78 is 23.0. The van der Waals surface area contributed by atoms with E-state index < -0.39 is 9.84 Å². The van der Waals surface area contributed by atoms with Gasteiger partial charge in [-0.3, -0.25) is 0 Å². The highest BCUT2D eigenvalue weighted by atomic mass is 32.2. The maximum absolute atomic E-state index is 11.5. The first kappa shape index (κ1) is 12.4. The van der Waals surface area contributed by atoms with Crippen molar-refractivity contribution in [2.75, 3.05) is 18.6 Å². The number of nitrogens with one attached hydrogen (secondary N) is 1. The number of hydrogen-bond donors (Lipinski definition) is 1. The van der Waals surface area contributed by atoms with Crippen molar-refractivity contribution >= 4 is 9.84 Å². The summed E-state index contributed by atoms with van der Waals surface area (Å²) in [6.07, 6.45) is 7.43. The quantitative estimate of drug-likeness (QED) is 0.821. The van der Waals surface area contributed by atoms with Gasteiger partial charge in [-0.1, -0.05) is 19.3 Å². The molecule has 1 aliphatic heterocycles. The molecule has 1 aliphatic carbocycles. The Balaban J connectivity index is 1.99. The normalized spacial score (nSPS) is 32.7. The van der Waals surface area contributed by atoms with Gasteiger partial charge in [0.05, 0.1) is 11.5 Å². The molecule has 0 aromatic carbocycles. The van der Waals surface area contributed by atoms with Crippen LogP contribution in [-0.4, -0.2) is 33.0 Å². The van der Waals surface area contributed by atoms with Crippen molar-refractivity contribution in [1.29, 1.82) is 0 Å². The molecule has 1 saturated carbocycles. The molecule has 2 fully saturated rings. The van der Waals surface area contributed by atoms with Crippen LogP contribution < -0.4 is 5.32 Å². The second-order valence-corrected chi connectivity index (χ2v) is 7.60. The lowest BCUT2D eigenvalue weighted by Crippen LogP contribution is -2.41. The zero-order chi connectivity index (χ0) is 11.6. The third-order valence-electron chi connectivity index (χ3n) is 4.27. The molecule has 2 atom stereocenters. The van der Waals surface area contributed by atoms with E-state index in [2.05, 4.69) is 5.32 Å². The first-order valence-electron chi connectivity index (χ1n) is 6.50. The van der Waals surface area contributed by atoms with Crippen LogP contribution in [0.1, 0.15) is 38.5 Å². The molecular weight excluding hydrogens is 222 g/mol. The Kier molecular flexibility index (Phi) is 3.90. The maximum Gasteiger partial charge on any atom is 0.150 e. The van der Waals surface area contributed by atoms with Crippen LogP contribution in [0.25, 0.3) is 0 Å². The molecule has 2 aliphatic rings. The molecular formula is C12H23NO2S. The molecule has 94 valence electrons. The van der Waals surface area contributed by atoms with E-state index in [0.717, 1.165) is 6.42 Å². The highest BCUT2D eigenvalue weighted by Crippen LogP contribution is 2.33. The van der Waals surface area contributed by atoms with Gasteiger partial charge >= 0.3 is 0 Å². The third-order valence-corrected chi connectivity index (χ3v) is 6.06. The summed E-state index contributed by atoms with van der Waals surface area (Å²) in [6.45, 7) is 0. The van der Waals surface area contributed by atoms with Crippen molar-refractivity contribution in [3.63, 3.8) is 0 Å². The van der Waals surface area contributed by atoms with Crippen LogP contribution in [0.3, 0.4) is 0 Å². The molecule has 0 spiro atoms. The van der Waals surface area contributed by atoms with Crippen molar-refractivity contribution in [2.45, 2.75) is 44.6 Å². The predicted octanol–water partition coefficient (Wildman–Crippen LogP) is 1.59. The molecule has 0 aromatic heterocycles. The summed E-state index contributed by atoms with van der Waals surface area (Å²) in [7, 11) is -0.739. The van der Waals surface area contributed by atoms with Crippen LogP contribution >= 0.6 is 0 Å². The van der Waals surface area contributed by atoms with E-state index in [1.165, 1.54) is 32.1 Å². The molecule has 4 heteroatoms. The van der Waals surface area contributed by atoms with Gasteiger partial charge in [-0.2, -0.15) is 0 Å². The molecule has 0 amide bonds. The van der Waals surface area contributed by atoms with Gasteiger partial charge in [0.25, 0.3) is 0 Å². The smallest absolute Gasteiger partial charge is 0.150 e. The second-order valence-electron chi connectivity index (χ2n) is 5.38. The Morgan fingerprint density at radius 3 is 2.25 bits per heavy atom. The fourth-order valence-electron chi connectivity index (χ4n) is 3.46. The first-order chi connectivity index (χ1) is 7.62. The third kappa shape index (κ3) is 2.77. The molecule has 1 heterocycles. The van der Waals surface area contributed by atoms with E-state index in [0.29, 0.717) is 29.4 Å². The Morgan fingerprint density at radius 2 is 1.75 bits per heavy atom. The minimum atomic E-state index is -2.73. The minimum absolute atomic E-state index is 0.359. The van der Waals surface area contributed by atoms with Gasteiger partial charge in [-0.05, 0) is 38.1 Å². The first-order valence-corrected chi connectivity index (χ1v) is 8.32. The molecule has 1 saturated heterocycles. The summed E-state index contributed by atoms with van der Waals surface area (Å²) in [5, 5.41) is 3.39. The zero-order valence-corrected chi connectivity index (χ0v) is 10.9. The Labute approximate surface area is 98.9 Å². The van der Waals surface area contributed by atoms with Crippen LogP contribution in [0.15, 0.2) is 0 Å². The highest BCUT2D eigenvalue weighted by Gasteiger charge is 2.36. The van der Waals surface area contributed by atoms with Gasteiger partial charge in [-0.25, -0.2) is 8.42 Å². The van der Waals surface area contributed by atoms with Gasteiger partial charge < -0.3 is 5.32 Å². The van der Waals surface area contributed by atoms with E-state index in [1.807, 2.05) is 7.05 Å². The largest absolute Gasteiger partial charge is 0.316 e. The van der Waals surface area contributed by atoms with E-state index in [-0.39, 0.29) is 0 Å². The van der Waals surface area contributed by atoms with Crippen molar-refractivity contribution in [2.24, 2.45) is 11.8 Å². The molecule has 3 nitrogen and oxygen atoms in total. The number of sulfone groups is 1. The fraction of sp³-hybridized carbons (Fsp3) is 1.00. The Bertz CT molecular complexity index is 320. The predicted molar refractivity (Wildman–Crippen MR) is 66.2 cm³/mol. The maximum atomic E-state index is 11.5. The molecule has 16 heavy (non-hydrogen) atoms. The minimum Gasteiger partial charge on any atom is -0.316 e. The summed E-state index contributed by atoms with van der Waals surface area (Å²) in [5.74, 6) is 1.88. The average Bonchev–Trinajstić information content (AvgIpc) is 2.62. The van der Waals surface area contributed by atoms with Crippen molar-refractivity contribution < 1.29 is 8.42 Å². The summed E-state index contributed by atoms with van der Waals surface area (Å²) in [4.78, 5) is 0. The Hall–Kier alpha value is -0.0900. The lowest BCUT2D eigenvalue weighted by Gasteiger charge is -2.33. The fourth-order valence-corrected chi connectivity index (χ4v) is 5.31. The standard InChI is InChI=1S/C12H23NO2S/c1-13-12(10-5-3-2-4-6-10)11-7-8-16(14,15)9-11/h10-13H,2-9H2,1H3. The SMILES string of the molecule is CNC(C1CCCCC1)C1CCS(=O)(=O)C1. The number of rotatable bonds is 3. The lowest BCUT2D eigenvalue weighted by atomic mass is 9.78. The summed E-state index contributed by atoms with van der Waals surface area (Å²) in [6, 6.07) is 0.428. The van der Waals surface area contributed by atoms with Crippen LogP contribution in [0, 0.1) is 11.8 Å². The second kappa shape index (κ2) is 5.05. The van der Waals surface area contributed by atoms with Crippen molar-refractivity contribution in [1.82, 2.24) is 5.32 Å². The van der Waals surface area contributed by atoms with E-state index in [9.17, 15) is 8.42 Å². The zero-order valence-electron chi connectivity index (χ0n) is 10.1. The Morgan fingerprint density at radius 1 is 1.06 bits per heavy atom.